The Labute approximate surface area is 190 Å². The van der Waals surface area contributed by atoms with Gasteiger partial charge in [-0.2, -0.15) is 0 Å². The van der Waals surface area contributed by atoms with E-state index in [1.54, 1.807) is 24.3 Å². The highest BCUT2D eigenvalue weighted by atomic mass is 32.1. The first-order chi connectivity index (χ1) is 15.6. The lowest BCUT2D eigenvalue weighted by Crippen LogP contribution is -2.33. The molecule has 3 aromatic rings. The lowest BCUT2D eigenvalue weighted by molar-refractivity contribution is 0.102. The maximum absolute atomic E-state index is 13.2. The van der Waals surface area contributed by atoms with E-state index in [4.69, 9.17) is 0 Å². The van der Waals surface area contributed by atoms with E-state index in [1.165, 1.54) is 54.9 Å². The van der Waals surface area contributed by atoms with Crippen LogP contribution in [0.15, 0.2) is 54.6 Å². The number of carbonyl (C=O) groups excluding carboxylic acids is 2. The molecular formula is C24H25FN4O2S. The molecule has 4 rings (SSSR count). The highest BCUT2D eigenvalue weighted by Gasteiger charge is 2.22. The van der Waals surface area contributed by atoms with Gasteiger partial charge in [-0.05, 0) is 50.2 Å². The summed E-state index contributed by atoms with van der Waals surface area (Å²) < 4.78 is 13.2. The summed E-state index contributed by atoms with van der Waals surface area (Å²) in [6.07, 6.45) is 3.75. The van der Waals surface area contributed by atoms with E-state index >= 15 is 0 Å². The molecule has 1 fully saturated rings. The molecule has 0 saturated carbocycles. The summed E-state index contributed by atoms with van der Waals surface area (Å²) in [7, 11) is 0. The molecule has 1 aliphatic heterocycles. The number of thiazole rings is 1. The Kier molecular flexibility index (Phi) is 7.24. The number of ketones is 1. The van der Waals surface area contributed by atoms with Crippen molar-refractivity contribution in [2.45, 2.75) is 19.3 Å². The number of anilines is 2. The number of halogens is 1. The Morgan fingerprint density at radius 3 is 2.41 bits per heavy atom. The fourth-order valence-electron chi connectivity index (χ4n) is 3.64. The van der Waals surface area contributed by atoms with E-state index in [-0.39, 0.29) is 17.2 Å². The van der Waals surface area contributed by atoms with Crippen molar-refractivity contribution in [3.05, 3.63) is 76.4 Å². The van der Waals surface area contributed by atoms with Crippen molar-refractivity contribution in [2.75, 3.05) is 36.8 Å². The van der Waals surface area contributed by atoms with Gasteiger partial charge in [0, 0.05) is 24.2 Å². The number of benzene rings is 2. The van der Waals surface area contributed by atoms with Crippen molar-refractivity contribution in [1.82, 2.24) is 9.88 Å². The molecule has 166 valence electrons. The molecule has 2 heterocycles. The first kappa shape index (κ1) is 22.1. The van der Waals surface area contributed by atoms with Crippen LogP contribution in [0, 0.1) is 5.82 Å². The van der Waals surface area contributed by atoms with Crippen LogP contribution >= 0.6 is 11.3 Å². The monoisotopic (exact) mass is 452 g/mol. The van der Waals surface area contributed by atoms with Crippen LogP contribution in [0.5, 0.6) is 0 Å². The average Bonchev–Trinajstić information content (AvgIpc) is 3.22. The van der Waals surface area contributed by atoms with Crippen LogP contribution in [0.4, 0.5) is 15.3 Å². The largest absolute Gasteiger partial charge is 0.360 e. The van der Waals surface area contributed by atoms with Crippen LogP contribution in [0.1, 0.15) is 44.9 Å². The van der Waals surface area contributed by atoms with Crippen LogP contribution in [0.3, 0.4) is 0 Å². The minimum atomic E-state index is -0.447. The van der Waals surface area contributed by atoms with Crippen LogP contribution in [0.25, 0.3) is 0 Å². The number of nitrogens with one attached hydrogen (secondary N) is 2. The van der Waals surface area contributed by atoms with Gasteiger partial charge in [0.05, 0.1) is 0 Å². The quantitative estimate of drug-likeness (QED) is 0.486. The molecule has 1 aromatic heterocycles. The fourth-order valence-corrected chi connectivity index (χ4v) is 4.55. The molecule has 0 spiro atoms. The molecule has 0 atom stereocenters. The Morgan fingerprint density at radius 2 is 1.69 bits per heavy atom. The smallest absolute Gasteiger partial charge is 0.256 e. The third-order valence-corrected chi connectivity index (χ3v) is 6.37. The molecule has 0 unspecified atom stereocenters. The van der Waals surface area contributed by atoms with E-state index in [9.17, 15) is 14.0 Å². The van der Waals surface area contributed by atoms with Gasteiger partial charge in [-0.15, -0.1) is 0 Å². The van der Waals surface area contributed by atoms with Crippen molar-refractivity contribution in [3.8, 4) is 0 Å². The Morgan fingerprint density at radius 1 is 0.969 bits per heavy atom. The van der Waals surface area contributed by atoms with Gasteiger partial charge in [0.15, 0.2) is 10.9 Å². The number of hydrogen-bond donors (Lipinski definition) is 2. The number of carbonyl (C=O) groups is 2. The summed E-state index contributed by atoms with van der Waals surface area (Å²) >= 11 is 1.22. The van der Waals surface area contributed by atoms with Crippen LogP contribution in [-0.4, -0.2) is 47.8 Å². The van der Waals surface area contributed by atoms with E-state index in [0.29, 0.717) is 22.1 Å². The number of amides is 1. The SMILES string of the molecule is O=C(Nc1nc(NCCN2CCCCC2)sc1C(=O)c1ccccc1)c1ccc(F)cc1. The zero-order chi connectivity index (χ0) is 22.3. The molecule has 0 radical (unpaired) electrons. The Balaban J connectivity index is 1.51. The molecule has 2 aromatic carbocycles. The van der Waals surface area contributed by atoms with Crippen LogP contribution in [0.2, 0.25) is 0 Å². The first-order valence-electron chi connectivity index (χ1n) is 10.7. The van der Waals surface area contributed by atoms with Crippen LogP contribution < -0.4 is 10.6 Å². The lowest BCUT2D eigenvalue weighted by Gasteiger charge is -2.26. The maximum atomic E-state index is 13.2. The second-order valence-electron chi connectivity index (χ2n) is 7.68. The topological polar surface area (TPSA) is 74.3 Å². The molecule has 1 aliphatic rings. The van der Waals surface area contributed by atoms with Gasteiger partial charge in [-0.1, -0.05) is 48.1 Å². The van der Waals surface area contributed by atoms with Gasteiger partial charge in [0.2, 0.25) is 5.78 Å². The normalized spacial score (nSPS) is 14.2. The summed E-state index contributed by atoms with van der Waals surface area (Å²) in [5.74, 6) is -0.868. The summed E-state index contributed by atoms with van der Waals surface area (Å²) in [5.41, 5.74) is 0.811. The zero-order valence-corrected chi connectivity index (χ0v) is 18.5. The van der Waals surface area contributed by atoms with Crippen molar-refractivity contribution in [3.63, 3.8) is 0 Å². The molecule has 1 saturated heterocycles. The number of piperidine rings is 1. The predicted octanol–water partition coefficient (Wildman–Crippen LogP) is 4.66. The van der Waals surface area contributed by atoms with Gasteiger partial charge >= 0.3 is 0 Å². The number of nitrogens with zero attached hydrogens (tertiary/aromatic N) is 2. The summed E-state index contributed by atoms with van der Waals surface area (Å²) in [6, 6.07) is 14.1. The number of likely N-dealkylation sites (tertiary alicyclic amines) is 1. The highest BCUT2D eigenvalue weighted by molar-refractivity contribution is 7.18. The molecule has 0 bridgehead atoms. The molecule has 1 amide bonds. The minimum absolute atomic E-state index is 0.207. The molecule has 6 nitrogen and oxygen atoms in total. The minimum Gasteiger partial charge on any atom is -0.360 e. The lowest BCUT2D eigenvalue weighted by atomic mass is 10.1. The molecular weight excluding hydrogens is 427 g/mol. The highest BCUT2D eigenvalue weighted by Crippen LogP contribution is 2.30. The zero-order valence-electron chi connectivity index (χ0n) is 17.6. The first-order valence-corrected chi connectivity index (χ1v) is 11.6. The van der Waals surface area contributed by atoms with Crippen LogP contribution in [-0.2, 0) is 0 Å². The standard InChI is InChI=1S/C24H25FN4O2S/c25-19-11-9-18(10-12-19)23(31)27-22-21(20(30)17-7-3-1-4-8-17)32-24(28-22)26-13-16-29-14-5-2-6-15-29/h1,3-4,7-12H,2,5-6,13-16H2,(H,26,28)(H,27,31). The van der Waals surface area contributed by atoms with Crippen molar-refractivity contribution >= 4 is 34.0 Å². The maximum Gasteiger partial charge on any atom is 0.256 e. The summed E-state index contributed by atoms with van der Waals surface area (Å²) in [4.78, 5) is 33.0. The third kappa shape index (κ3) is 5.57. The molecule has 8 heteroatoms. The predicted molar refractivity (Wildman–Crippen MR) is 125 cm³/mol. The van der Waals surface area contributed by atoms with Gasteiger partial charge in [0.1, 0.15) is 10.7 Å². The molecule has 0 aliphatic carbocycles. The third-order valence-electron chi connectivity index (χ3n) is 5.36. The van der Waals surface area contributed by atoms with Crippen molar-refractivity contribution < 1.29 is 14.0 Å². The van der Waals surface area contributed by atoms with E-state index in [2.05, 4.69) is 20.5 Å². The van der Waals surface area contributed by atoms with Gasteiger partial charge in [-0.25, -0.2) is 9.37 Å². The number of rotatable bonds is 8. The average molecular weight is 453 g/mol. The van der Waals surface area contributed by atoms with Gasteiger partial charge in [-0.3, -0.25) is 9.59 Å². The second-order valence-corrected chi connectivity index (χ2v) is 8.68. The number of hydrogen-bond acceptors (Lipinski definition) is 6. The number of aromatic nitrogens is 1. The molecule has 2 N–H and O–H groups in total. The van der Waals surface area contributed by atoms with E-state index < -0.39 is 11.7 Å². The second kappa shape index (κ2) is 10.5. The van der Waals surface area contributed by atoms with E-state index in [1.807, 2.05) is 6.07 Å². The molecule has 32 heavy (non-hydrogen) atoms. The summed E-state index contributed by atoms with van der Waals surface area (Å²) in [5, 5.41) is 6.60. The van der Waals surface area contributed by atoms with Gasteiger partial charge in [0.25, 0.3) is 5.91 Å². The van der Waals surface area contributed by atoms with E-state index in [0.717, 1.165) is 19.6 Å². The van der Waals surface area contributed by atoms with Gasteiger partial charge < -0.3 is 15.5 Å². The Bertz CT molecular complexity index is 1060. The fraction of sp³-hybridized carbons (Fsp3) is 0.292. The Hall–Kier alpha value is -3.10. The summed E-state index contributed by atoms with van der Waals surface area (Å²) in [6.45, 7) is 3.82. The van der Waals surface area contributed by atoms with Crippen molar-refractivity contribution in [1.29, 1.82) is 0 Å². The van der Waals surface area contributed by atoms with Crippen molar-refractivity contribution in [2.24, 2.45) is 0 Å².